The van der Waals surface area contributed by atoms with Crippen LogP contribution in [0.4, 0.5) is 0 Å². The molecule has 0 spiro atoms. The Hall–Kier alpha value is -1.17. The summed E-state index contributed by atoms with van der Waals surface area (Å²) < 4.78 is 7.72. The summed E-state index contributed by atoms with van der Waals surface area (Å²) in [6.07, 6.45) is 0. The fourth-order valence-electron chi connectivity index (χ4n) is 1.14. The highest BCUT2D eigenvalue weighted by Crippen LogP contribution is 2.04. The Labute approximate surface area is 79.0 Å². The van der Waals surface area contributed by atoms with Gasteiger partial charge in [0.05, 0.1) is 13.1 Å². The standard InChI is InChI=1S/C6H9ClN4O2/c7-1-3-10-6(12)11-5(9-10)13-4-2-8-11/h8H,1-4H2. The minimum atomic E-state index is -0.240. The smallest absolute Gasteiger partial charge is 0.367 e. The number of rotatable bonds is 2. The molecule has 2 heterocycles. The van der Waals surface area contributed by atoms with Crippen molar-refractivity contribution in [2.75, 3.05) is 24.5 Å². The molecule has 0 aromatic carbocycles. The molecule has 1 aromatic heterocycles. The van der Waals surface area contributed by atoms with E-state index < -0.39 is 0 Å². The molecule has 0 fully saturated rings. The molecule has 1 aliphatic rings. The lowest BCUT2D eigenvalue weighted by Gasteiger charge is -2.13. The number of halogens is 1. The van der Waals surface area contributed by atoms with Gasteiger partial charge < -0.3 is 10.2 Å². The summed E-state index contributed by atoms with van der Waals surface area (Å²) in [6.45, 7) is 1.53. The zero-order chi connectivity index (χ0) is 9.26. The summed E-state index contributed by atoms with van der Waals surface area (Å²) >= 11 is 5.50. The molecule has 0 atom stereocenters. The molecule has 13 heavy (non-hydrogen) atoms. The number of aromatic nitrogens is 3. The van der Waals surface area contributed by atoms with Crippen LogP contribution in [0, 0.1) is 0 Å². The Morgan fingerprint density at radius 1 is 1.69 bits per heavy atom. The van der Waals surface area contributed by atoms with Gasteiger partial charge in [0.25, 0.3) is 0 Å². The molecule has 7 heteroatoms. The average Bonchev–Trinajstić information content (AvgIpc) is 2.46. The number of nitrogens with zero attached hydrogens (tertiary/aromatic N) is 3. The summed E-state index contributed by atoms with van der Waals surface area (Å²) in [5, 5.41) is 3.94. The predicted octanol–water partition coefficient (Wildman–Crippen LogP) is -0.781. The molecular formula is C6H9ClN4O2. The Morgan fingerprint density at radius 2 is 2.54 bits per heavy atom. The van der Waals surface area contributed by atoms with Crippen molar-refractivity contribution in [1.82, 2.24) is 14.5 Å². The summed E-state index contributed by atoms with van der Waals surface area (Å²) in [5.41, 5.74) is 2.62. The van der Waals surface area contributed by atoms with Crippen LogP contribution in [0.25, 0.3) is 0 Å². The van der Waals surface area contributed by atoms with Gasteiger partial charge in [0.15, 0.2) is 0 Å². The third-order valence-corrected chi connectivity index (χ3v) is 1.88. The van der Waals surface area contributed by atoms with E-state index in [2.05, 4.69) is 10.5 Å². The van der Waals surface area contributed by atoms with E-state index in [4.69, 9.17) is 16.3 Å². The van der Waals surface area contributed by atoms with Gasteiger partial charge in [-0.1, -0.05) is 0 Å². The van der Waals surface area contributed by atoms with Gasteiger partial charge in [-0.3, -0.25) is 0 Å². The van der Waals surface area contributed by atoms with Gasteiger partial charge in [-0.2, -0.15) is 4.68 Å². The number of alkyl halides is 1. The molecule has 0 radical (unpaired) electrons. The van der Waals surface area contributed by atoms with E-state index >= 15 is 0 Å². The largest absolute Gasteiger partial charge is 0.460 e. The van der Waals surface area contributed by atoms with Crippen molar-refractivity contribution in [3.63, 3.8) is 0 Å². The van der Waals surface area contributed by atoms with Crippen LogP contribution in [0.3, 0.4) is 0 Å². The van der Waals surface area contributed by atoms with E-state index in [1.807, 2.05) is 0 Å². The lowest BCUT2D eigenvalue weighted by atomic mass is 10.7. The Balaban J connectivity index is 2.39. The van der Waals surface area contributed by atoms with Crippen molar-refractivity contribution >= 4 is 11.6 Å². The van der Waals surface area contributed by atoms with E-state index in [1.54, 1.807) is 0 Å². The fraction of sp³-hybridized carbons (Fsp3) is 0.667. The zero-order valence-electron chi connectivity index (χ0n) is 6.86. The van der Waals surface area contributed by atoms with E-state index in [0.29, 0.717) is 31.6 Å². The summed E-state index contributed by atoms with van der Waals surface area (Å²) in [5.74, 6) is 0.358. The van der Waals surface area contributed by atoms with E-state index in [0.717, 1.165) is 0 Å². The van der Waals surface area contributed by atoms with E-state index in [1.165, 1.54) is 9.36 Å². The van der Waals surface area contributed by atoms with E-state index in [-0.39, 0.29) is 5.69 Å². The summed E-state index contributed by atoms with van der Waals surface area (Å²) in [4.78, 5) is 11.5. The molecule has 1 N–H and O–H groups in total. The maximum atomic E-state index is 11.5. The van der Waals surface area contributed by atoms with Crippen LogP contribution >= 0.6 is 11.6 Å². The second kappa shape index (κ2) is 3.29. The van der Waals surface area contributed by atoms with Crippen molar-refractivity contribution in [2.24, 2.45) is 0 Å². The van der Waals surface area contributed by atoms with Gasteiger partial charge in [0.1, 0.15) is 6.61 Å². The molecule has 0 unspecified atom stereocenters. The zero-order valence-corrected chi connectivity index (χ0v) is 7.62. The molecule has 1 aromatic rings. The van der Waals surface area contributed by atoms with Crippen molar-refractivity contribution < 1.29 is 4.74 Å². The molecule has 0 bridgehead atoms. The van der Waals surface area contributed by atoms with Gasteiger partial charge in [-0.05, 0) is 0 Å². The lowest BCUT2D eigenvalue weighted by molar-refractivity contribution is 0.266. The topological polar surface area (TPSA) is 61.1 Å². The lowest BCUT2D eigenvalue weighted by Crippen LogP contribution is -2.36. The van der Waals surface area contributed by atoms with Crippen LogP contribution < -0.4 is 15.9 Å². The summed E-state index contributed by atoms with van der Waals surface area (Å²) in [6, 6.07) is 0.307. The highest BCUT2D eigenvalue weighted by Gasteiger charge is 2.16. The normalized spacial score (nSPS) is 14.5. The first-order valence-electron chi connectivity index (χ1n) is 3.95. The minimum absolute atomic E-state index is 0.240. The van der Waals surface area contributed by atoms with E-state index in [9.17, 15) is 4.79 Å². The first-order valence-corrected chi connectivity index (χ1v) is 4.49. The monoisotopic (exact) mass is 204 g/mol. The quantitative estimate of drug-likeness (QED) is 0.642. The maximum absolute atomic E-state index is 11.5. The van der Waals surface area contributed by atoms with Crippen LogP contribution in [-0.2, 0) is 6.54 Å². The van der Waals surface area contributed by atoms with Crippen molar-refractivity contribution in [2.45, 2.75) is 6.54 Å². The highest BCUT2D eigenvalue weighted by atomic mass is 35.5. The second-order valence-corrected chi connectivity index (χ2v) is 2.95. The number of aryl methyl sites for hydroxylation is 1. The molecule has 0 aliphatic carbocycles. The fourth-order valence-corrected chi connectivity index (χ4v) is 1.30. The van der Waals surface area contributed by atoms with Crippen LogP contribution in [0.1, 0.15) is 0 Å². The van der Waals surface area contributed by atoms with Crippen LogP contribution in [0.15, 0.2) is 4.79 Å². The third kappa shape index (κ3) is 1.37. The van der Waals surface area contributed by atoms with Crippen molar-refractivity contribution in [3.05, 3.63) is 10.5 Å². The van der Waals surface area contributed by atoms with Crippen LogP contribution in [0.5, 0.6) is 6.01 Å². The van der Waals surface area contributed by atoms with Gasteiger partial charge in [-0.25, -0.2) is 9.48 Å². The average molecular weight is 205 g/mol. The second-order valence-electron chi connectivity index (χ2n) is 2.57. The molecule has 2 rings (SSSR count). The minimum Gasteiger partial charge on any atom is -0.460 e. The number of hydrogen-bond donors (Lipinski definition) is 1. The van der Waals surface area contributed by atoms with Crippen LogP contribution in [0.2, 0.25) is 0 Å². The van der Waals surface area contributed by atoms with Gasteiger partial charge >= 0.3 is 11.7 Å². The Bertz CT molecular complexity index is 358. The molecule has 72 valence electrons. The number of hydrogen-bond acceptors (Lipinski definition) is 4. The number of fused-ring (bicyclic) bond motifs is 1. The Morgan fingerprint density at radius 3 is 3.23 bits per heavy atom. The molecule has 0 amide bonds. The van der Waals surface area contributed by atoms with Gasteiger partial charge in [-0.15, -0.1) is 16.7 Å². The predicted molar refractivity (Wildman–Crippen MR) is 46.9 cm³/mol. The van der Waals surface area contributed by atoms with Gasteiger partial charge in [0.2, 0.25) is 0 Å². The first-order chi connectivity index (χ1) is 6.33. The third-order valence-electron chi connectivity index (χ3n) is 1.71. The summed E-state index contributed by atoms with van der Waals surface area (Å²) in [7, 11) is 0. The van der Waals surface area contributed by atoms with Crippen LogP contribution in [-0.4, -0.2) is 33.5 Å². The van der Waals surface area contributed by atoms with Crippen molar-refractivity contribution in [1.29, 1.82) is 0 Å². The van der Waals surface area contributed by atoms with Crippen molar-refractivity contribution in [3.8, 4) is 6.01 Å². The molecule has 0 saturated carbocycles. The van der Waals surface area contributed by atoms with Gasteiger partial charge in [0, 0.05) is 5.88 Å². The number of ether oxygens (including phenoxy) is 1. The first kappa shape index (κ1) is 8.43. The molecule has 1 aliphatic heterocycles. The maximum Gasteiger partial charge on any atom is 0.367 e. The molecule has 0 saturated heterocycles. The highest BCUT2D eigenvalue weighted by molar-refractivity contribution is 6.17. The Kier molecular flexibility index (Phi) is 2.13. The molecule has 6 nitrogen and oxygen atoms in total. The number of nitrogens with one attached hydrogen (secondary N) is 1. The SMILES string of the molecule is O=c1n(CCCl)nc2n1NCCO2. The molecular weight excluding hydrogens is 196 g/mol.